The van der Waals surface area contributed by atoms with Gasteiger partial charge in [-0.3, -0.25) is 19.5 Å². The van der Waals surface area contributed by atoms with Crippen molar-refractivity contribution in [2.75, 3.05) is 11.9 Å². The molecule has 152 valence electrons. The van der Waals surface area contributed by atoms with Crippen LogP contribution in [0.3, 0.4) is 0 Å². The van der Waals surface area contributed by atoms with Crippen LogP contribution in [0.2, 0.25) is 0 Å². The molecule has 1 N–H and O–H groups in total. The van der Waals surface area contributed by atoms with Crippen molar-refractivity contribution in [2.24, 2.45) is 5.92 Å². The third-order valence-corrected chi connectivity index (χ3v) is 5.46. The number of benzene rings is 1. The first-order chi connectivity index (χ1) is 14.5. The smallest absolute Gasteiger partial charge is 0.309 e. The highest BCUT2D eigenvalue weighted by molar-refractivity contribution is 6.02. The van der Waals surface area contributed by atoms with Gasteiger partial charge in [0.15, 0.2) is 5.82 Å². The molecule has 1 aliphatic carbocycles. The van der Waals surface area contributed by atoms with E-state index in [9.17, 15) is 14.0 Å². The van der Waals surface area contributed by atoms with E-state index in [-0.39, 0.29) is 41.8 Å². The Morgan fingerprint density at radius 3 is 2.80 bits per heavy atom. The van der Waals surface area contributed by atoms with Gasteiger partial charge in [0.25, 0.3) is 5.91 Å². The molecule has 3 atom stereocenters. The van der Waals surface area contributed by atoms with Gasteiger partial charge < -0.3 is 9.73 Å². The van der Waals surface area contributed by atoms with Gasteiger partial charge in [-0.05, 0) is 30.0 Å². The molecule has 5 rings (SSSR count). The minimum atomic E-state index is -0.726. The number of likely N-dealkylation sites (N-methyl/N-ethyl adjacent to an activating group) is 1. The molecule has 0 saturated heterocycles. The van der Waals surface area contributed by atoms with Crippen molar-refractivity contribution in [2.45, 2.75) is 24.8 Å². The van der Waals surface area contributed by atoms with Crippen LogP contribution in [0.1, 0.15) is 40.2 Å². The van der Waals surface area contributed by atoms with Gasteiger partial charge in [0, 0.05) is 25.4 Å². The number of nitrogens with one attached hydrogen (secondary N) is 1. The number of halogens is 1. The number of carbonyl (C=O) groups excluding carboxylic acids is 2. The summed E-state index contributed by atoms with van der Waals surface area (Å²) < 4.78 is 18.5. The van der Waals surface area contributed by atoms with Crippen LogP contribution >= 0.6 is 0 Å². The van der Waals surface area contributed by atoms with Gasteiger partial charge in [-0.2, -0.15) is 0 Å². The zero-order chi connectivity index (χ0) is 20.8. The Morgan fingerprint density at radius 1 is 1.23 bits per heavy atom. The highest BCUT2D eigenvalue weighted by Gasteiger charge is 2.53. The normalized spacial score (nSPS) is 22.1. The Hall–Kier alpha value is -3.69. The predicted molar refractivity (Wildman–Crippen MR) is 101 cm³/mol. The summed E-state index contributed by atoms with van der Waals surface area (Å²) in [5.41, 5.74) is 1.54. The Bertz CT molecular complexity index is 1130. The van der Waals surface area contributed by atoms with E-state index in [0.29, 0.717) is 5.82 Å². The topological polar surface area (TPSA) is 114 Å². The van der Waals surface area contributed by atoms with E-state index in [1.807, 2.05) is 0 Å². The number of aromatic nitrogens is 4. The summed E-state index contributed by atoms with van der Waals surface area (Å²) in [4.78, 5) is 35.7. The molecule has 3 heterocycles. The second kappa shape index (κ2) is 6.97. The van der Waals surface area contributed by atoms with Gasteiger partial charge in [0.05, 0.1) is 12.1 Å². The van der Waals surface area contributed by atoms with Crippen molar-refractivity contribution in [3.05, 3.63) is 65.5 Å². The molecule has 0 radical (unpaired) electrons. The SMILES string of the molecule is CN1C(=O)[C@@H](NC(=O)c2nnc(Cc3ccc(F)cc3)o2)C2C[C@H]2c2nccnc21. The maximum atomic E-state index is 13.0. The van der Waals surface area contributed by atoms with Crippen molar-refractivity contribution in [1.29, 1.82) is 0 Å². The number of carbonyl (C=O) groups is 2. The van der Waals surface area contributed by atoms with E-state index in [2.05, 4.69) is 25.5 Å². The van der Waals surface area contributed by atoms with Gasteiger partial charge in [0.2, 0.25) is 5.89 Å². The summed E-state index contributed by atoms with van der Waals surface area (Å²) in [7, 11) is 1.62. The fraction of sp³-hybridized carbons (Fsp3) is 0.300. The maximum absolute atomic E-state index is 13.0. The molecule has 1 aliphatic heterocycles. The molecule has 3 aromatic rings. The molecule has 0 bridgehead atoms. The lowest BCUT2D eigenvalue weighted by Crippen LogP contribution is -2.48. The lowest BCUT2D eigenvalue weighted by molar-refractivity contribution is -0.120. The summed E-state index contributed by atoms with van der Waals surface area (Å²) in [5, 5.41) is 10.4. The summed E-state index contributed by atoms with van der Waals surface area (Å²) in [6, 6.07) is 5.15. The highest BCUT2D eigenvalue weighted by atomic mass is 19.1. The first kappa shape index (κ1) is 18.3. The summed E-state index contributed by atoms with van der Waals surface area (Å²) >= 11 is 0. The zero-order valence-corrected chi connectivity index (χ0v) is 15.9. The van der Waals surface area contributed by atoms with E-state index in [4.69, 9.17) is 4.42 Å². The maximum Gasteiger partial charge on any atom is 0.309 e. The number of hydrogen-bond acceptors (Lipinski definition) is 7. The monoisotopic (exact) mass is 408 g/mol. The Balaban J connectivity index is 1.31. The van der Waals surface area contributed by atoms with Crippen molar-refractivity contribution >= 4 is 17.6 Å². The largest absolute Gasteiger partial charge is 0.417 e. The third-order valence-electron chi connectivity index (χ3n) is 5.46. The van der Waals surface area contributed by atoms with E-state index in [1.165, 1.54) is 17.0 Å². The molecule has 9 nitrogen and oxygen atoms in total. The van der Waals surface area contributed by atoms with E-state index >= 15 is 0 Å². The van der Waals surface area contributed by atoms with Gasteiger partial charge in [-0.25, -0.2) is 9.37 Å². The molecular formula is C20H17FN6O3. The van der Waals surface area contributed by atoms with Gasteiger partial charge in [0.1, 0.15) is 11.9 Å². The molecule has 1 fully saturated rings. The van der Waals surface area contributed by atoms with Crippen molar-refractivity contribution in [3.8, 4) is 0 Å². The minimum Gasteiger partial charge on any atom is -0.417 e. The van der Waals surface area contributed by atoms with Crippen molar-refractivity contribution in [1.82, 2.24) is 25.5 Å². The molecule has 30 heavy (non-hydrogen) atoms. The number of nitrogens with zero attached hydrogens (tertiary/aromatic N) is 5. The lowest BCUT2D eigenvalue weighted by Gasteiger charge is -2.21. The fourth-order valence-electron chi connectivity index (χ4n) is 3.82. The molecule has 2 aliphatic rings. The summed E-state index contributed by atoms with van der Waals surface area (Å²) in [5.74, 6) is -0.676. The van der Waals surface area contributed by atoms with Crippen LogP contribution in [-0.2, 0) is 11.2 Å². The fourth-order valence-corrected chi connectivity index (χ4v) is 3.82. The molecule has 10 heteroatoms. The molecule has 1 aromatic carbocycles. The van der Waals surface area contributed by atoms with Crippen LogP contribution in [-0.4, -0.2) is 45.1 Å². The van der Waals surface area contributed by atoms with Crippen LogP contribution in [0, 0.1) is 11.7 Å². The van der Waals surface area contributed by atoms with Gasteiger partial charge in [-0.1, -0.05) is 12.1 Å². The van der Waals surface area contributed by atoms with Crippen LogP contribution in [0.5, 0.6) is 0 Å². The third kappa shape index (κ3) is 3.19. The van der Waals surface area contributed by atoms with Gasteiger partial charge in [-0.15, -0.1) is 10.2 Å². The second-order valence-corrected chi connectivity index (χ2v) is 7.42. The number of rotatable bonds is 4. The summed E-state index contributed by atoms with van der Waals surface area (Å²) in [6.07, 6.45) is 4.16. The number of fused-ring (bicyclic) bond motifs is 3. The molecule has 0 spiro atoms. The number of hydrogen-bond donors (Lipinski definition) is 1. The predicted octanol–water partition coefficient (Wildman–Crippen LogP) is 1.47. The molecular weight excluding hydrogens is 391 g/mol. The Labute approximate surface area is 170 Å². The average Bonchev–Trinajstić information content (AvgIpc) is 3.42. The van der Waals surface area contributed by atoms with Gasteiger partial charge >= 0.3 is 11.8 Å². The zero-order valence-electron chi connectivity index (χ0n) is 15.9. The van der Waals surface area contributed by atoms with Crippen molar-refractivity contribution < 1.29 is 18.4 Å². The second-order valence-electron chi connectivity index (χ2n) is 7.42. The molecule has 2 amide bonds. The first-order valence-electron chi connectivity index (χ1n) is 9.47. The first-order valence-corrected chi connectivity index (χ1v) is 9.47. The highest BCUT2D eigenvalue weighted by Crippen LogP contribution is 2.53. The molecule has 1 saturated carbocycles. The quantitative estimate of drug-likeness (QED) is 0.695. The summed E-state index contributed by atoms with van der Waals surface area (Å²) in [6.45, 7) is 0. The van der Waals surface area contributed by atoms with Crippen LogP contribution in [0.15, 0.2) is 41.1 Å². The van der Waals surface area contributed by atoms with Crippen LogP contribution in [0.25, 0.3) is 0 Å². The standard InChI is InChI=1S/C20H17FN6O3/c1-27-17-15(22-6-7-23-17)12-9-13(12)16(20(27)29)24-18(28)19-26-25-14(30-19)8-10-2-4-11(21)5-3-10/h2-7,12-13,16H,8-9H2,1H3,(H,24,28)/t12-,13?,16+/m1/s1. The average molecular weight is 408 g/mol. The molecule has 2 aromatic heterocycles. The number of amides is 2. The van der Waals surface area contributed by atoms with Crippen molar-refractivity contribution in [3.63, 3.8) is 0 Å². The van der Waals surface area contributed by atoms with E-state index in [0.717, 1.165) is 17.7 Å². The van der Waals surface area contributed by atoms with Crippen LogP contribution in [0.4, 0.5) is 10.2 Å². The molecule has 1 unspecified atom stereocenters. The minimum absolute atomic E-state index is 0.0524. The number of anilines is 1. The lowest BCUT2D eigenvalue weighted by atomic mass is 10.1. The Morgan fingerprint density at radius 2 is 2.00 bits per heavy atom. The van der Waals surface area contributed by atoms with E-state index in [1.54, 1.807) is 31.6 Å². The Kier molecular flexibility index (Phi) is 4.27. The van der Waals surface area contributed by atoms with Crippen LogP contribution < -0.4 is 10.2 Å². The van der Waals surface area contributed by atoms with E-state index < -0.39 is 11.9 Å².